The van der Waals surface area contributed by atoms with E-state index in [1.165, 1.54) is 0 Å². The average molecular weight is 357 g/mol. The zero-order valence-corrected chi connectivity index (χ0v) is 14.8. The quantitative estimate of drug-likeness (QED) is 0.813. The number of aliphatic imine (C=N–C) groups is 4. The minimum Gasteiger partial charge on any atom is -0.402 e. The van der Waals surface area contributed by atoms with Crippen LogP contribution in [0, 0.1) is 0 Å². The van der Waals surface area contributed by atoms with Crippen molar-refractivity contribution in [2.45, 2.75) is 12.8 Å². The van der Waals surface area contributed by atoms with Gasteiger partial charge < -0.3 is 11.5 Å². The molecule has 0 aromatic heterocycles. The molecule has 0 amide bonds. The molecular formula is C20H19N7. The van der Waals surface area contributed by atoms with Crippen LogP contribution in [0.5, 0.6) is 0 Å². The molecule has 3 aliphatic rings. The van der Waals surface area contributed by atoms with Crippen molar-refractivity contribution >= 4 is 29.2 Å². The number of allylic oxidation sites excluding steroid dienone is 3. The number of rotatable bonds is 3. The van der Waals surface area contributed by atoms with Crippen molar-refractivity contribution in [2.24, 2.45) is 25.7 Å². The predicted octanol–water partition coefficient (Wildman–Crippen LogP) is 2.72. The smallest absolute Gasteiger partial charge is 0.241 e. The molecule has 27 heavy (non-hydrogen) atoms. The Labute approximate surface area is 157 Å². The van der Waals surface area contributed by atoms with E-state index in [0.717, 1.165) is 29.7 Å². The van der Waals surface area contributed by atoms with Gasteiger partial charge in [0.1, 0.15) is 11.7 Å². The second-order valence-electron chi connectivity index (χ2n) is 6.26. The molecule has 1 aromatic carbocycles. The van der Waals surface area contributed by atoms with Gasteiger partial charge in [-0.2, -0.15) is 9.98 Å². The van der Waals surface area contributed by atoms with Crippen LogP contribution in [0.25, 0.3) is 0 Å². The summed E-state index contributed by atoms with van der Waals surface area (Å²) in [7, 11) is 0. The third kappa shape index (κ3) is 3.10. The molecule has 7 heteroatoms. The second-order valence-corrected chi connectivity index (χ2v) is 6.26. The summed E-state index contributed by atoms with van der Waals surface area (Å²) in [5.41, 5.74) is 15.0. The van der Waals surface area contributed by atoms with E-state index in [1.807, 2.05) is 36.4 Å². The van der Waals surface area contributed by atoms with Gasteiger partial charge in [0, 0.05) is 16.9 Å². The Morgan fingerprint density at radius 1 is 0.926 bits per heavy atom. The Kier molecular flexibility index (Phi) is 4.04. The first kappa shape index (κ1) is 16.7. The fourth-order valence-corrected chi connectivity index (χ4v) is 2.93. The molecular weight excluding hydrogens is 338 g/mol. The largest absolute Gasteiger partial charge is 0.402 e. The summed E-state index contributed by atoms with van der Waals surface area (Å²) in [4.78, 5) is 20.0. The van der Waals surface area contributed by atoms with Crippen molar-refractivity contribution in [3.63, 3.8) is 0 Å². The highest BCUT2D eigenvalue weighted by atomic mass is 15.4. The highest BCUT2D eigenvalue weighted by Crippen LogP contribution is 2.24. The predicted molar refractivity (Wildman–Crippen MR) is 110 cm³/mol. The molecule has 0 radical (unpaired) electrons. The minimum atomic E-state index is 0.463. The number of nitrogens with zero attached hydrogens (tertiary/aromatic N) is 5. The van der Waals surface area contributed by atoms with E-state index in [2.05, 4.69) is 33.1 Å². The molecule has 0 spiro atoms. The van der Waals surface area contributed by atoms with Crippen molar-refractivity contribution < 1.29 is 0 Å². The Morgan fingerprint density at radius 3 is 2.37 bits per heavy atom. The number of benzene rings is 1. The van der Waals surface area contributed by atoms with E-state index in [0.29, 0.717) is 35.0 Å². The van der Waals surface area contributed by atoms with E-state index >= 15 is 0 Å². The van der Waals surface area contributed by atoms with Crippen LogP contribution in [-0.2, 0) is 0 Å². The van der Waals surface area contributed by atoms with Gasteiger partial charge in [0.05, 0.1) is 0 Å². The molecule has 4 rings (SSSR count). The zero-order chi connectivity index (χ0) is 19.0. The van der Waals surface area contributed by atoms with E-state index in [4.69, 9.17) is 11.5 Å². The topological polar surface area (TPSA) is 105 Å². The number of anilines is 1. The molecule has 4 N–H and O–H groups in total. The normalized spacial score (nSPS) is 19.1. The van der Waals surface area contributed by atoms with Gasteiger partial charge in [0.2, 0.25) is 5.96 Å². The van der Waals surface area contributed by atoms with Gasteiger partial charge in [-0.3, -0.25) is 0 Å². The van der Waals surface area contributed by atoms with E-state index in [1.54, 1.807) is 11.0 Å². The lowest BCUT2D eigenvalue weighted by Gasteiger charge is -2.29. The Hall–Kier alpha value is -3.74. The number of nitrogens with two attached hydrogens (primary N) is 2. The molecule has 1 aliphatic carbocycles. The molecule has 7 nitrogen and oxygen atoms in total. The molecule has 2 heterocycles. The average Bonchev–Trinajstić information content (AvgIpc) is 2.68. The number of fused-ring (bicyclic) bond motifs is 1. The van der Waals surface area contributed by atoms with E-state index in [-0.39, 0.29) is 0 Å². The lowest BCUT2D eigenvalue weighted by molar-refractivity contribution is 0.719. The SMILES string of the molecule is C=CC1=NC(C2=CC=C(N)CC2)=NC2=NC(c3ccc(N)cc3)=NC(=C)N12. The van der Waals surface area contributed by atoms with E-state index in [9.17, 15) is 0 Å². The summed E-state index contributed by atoms with van der Waals surface area (Å²) in [5, 5.41) is 0. The maximum Gasteiger partial charge on any atom is 0.241 e. The fraction of sp³-hybridized carbons (Fsp3) is 0.100. The Bertz CT molecular complexity index is 1020. The Balaban J connectivity index is 1.77. The molecule has 0 saturated heterocycles. The molecule has 0 atom stereocenters. The summed E-state index contributed by atoms with van der Waals surface area (Å²) in [5.74, 6) is 2.67. The third-order valence-corrected chi connectivity index (χ3v) is 4.37. The van der Waals surface area contributed by atoms with Crippen molar-refractivity contribution in [3.8, 4) is 0 Å². The lowest BCUT2D eigenvalue weighted by atomic mass is 10.0. The summed E-state index contributed by atoms with van der Waals surface area (Å²) >= 11 is 0. The van der Waals surface area contributed by atoms with Crippen LogP contribution in [0.2, 0.25) is 0 Å². The number of hydrogen-bond donors (Lipinski definition) is 2. The standard InChI is InChI=1S/C20H19N7/c1-3-17-24-19(14-6-10-16(22)11-7-14)26-20-25-18(23-12(2)27(17)20)13-4-8-15(21)9-5-13/h3-6,8-10H,1-2,7,11,21-22H2. The Morgan fingerprint density at radius 2 is 1.70 bits per heavy atom. The third-order valence-electron chi connectivity index (χ3n) is 4.37. The van der Waals surface area contributed by atoms with Crippen molar-refractivity contribution in [2.75, 3.05) is 5.73 Å². The maximum atomic E-state index is 5.85. The molecule has 0 saturated carbocycles. The minimum absolute atomic E-state index is 0.463. The first-order chi connectivity index (χ1) is 13.0. The molecule has 0 unspecified atom stereocenters. The molecule has 134 valence electrons. The van der Waals surface area contributed by atoms with Crippen molar-refractivity contribution in [3.05, 3.63) is 78.3 Å². The number of guanidine groups is 1. The molecule has 2 aliphatic heterocycles. The summed E-state index contributed by atoms with van der Waals surface area (Å²) in [6.07, 6.45) is 7.05. The van der Waals surface area contributed by atoms with Crippen LogP contribution >= 0.6 is 0 Å². The van der Waals surface area contributed by atoms with Crippen LogP contribution in [0.15, 0.2) is 92.7 Å². The zero-order valence-electron chi connectivity index (χ0n) is 14.8. The first-order valence-corrected chi connectivity index (χ1v) is 8.53. The van der Waals surface area contributed by atoms with Crippen LogP contribution in [-0.4, -0.2) is 28.4 Å². The van der Waals surface area contributed by atoms with Gasteiger partial charge in [-0.25, -0.2) is 14.9 Å². The van der Waals surface area contributed by atoms with Crippen molar-refractivity contribution in [1.82, 2.24) is 4.90 Å². The molecule has 1 aromatic rings. The number of hydrogen-bond acceptors (Lipinski definition) is 7. The highest BCUT2D eigenvalue weighted by molar-refractivity contribution is 6.24. The first-order valence-electron chi connectivity index (χ1n) is 8.53. The molecule has 0 fully saturated rings. The van der Waals surface area contributed by atoms with Crippen molar-refractivity contribution in [1.29, 1.82) is 0 Å². The number of nitrogen functional groups attached to an aromatic ring is 1. The molecule has 0 bridgehead atoms. The van der Waals surface area contributed by atoms with Gasteiger partial charge in [0.15, 0.2) is 11.7 Å². The maximum absolute atomic E-state index is 5.85. The second kappa shape index (κ2) is 6.53. The fourth-order valence-electron chi connectivity index (χ4n) is 2.93. The number of amidine groups is 3. The van der Waals surface area contributed by atoms with Gasteiger partial charge >= 0.3 is 0 Å². The summed E-state index contributed by atoms with van der Waals surface area (Å²) in [6.45, 7) is 7.88. The van der Waals surface area contributed by atoms with E-state index < -0.39 is 0 Å². The van der Waals surface area contributed by atoms with Gasteiger partial charge in [0.25, 0.3) is 0 Å². The van der Waals surface area contributed by atoms with Gasteiger partial charge in [-0.1, -0.05) is 19.2 Å². The van der Waals surface area contributed by atoms with Crippen LogP contribution in [0.4, 0.5) is 5.69 Å². The van der Waals surface area contributed by atoms with Crippen LogP contribution in [0.1, 0.15) is 18.4 Å². The van der Waals surface area contributed by atoms with Crippen LogP contribution < -0.4 is 11.5 Å². The summed E-state index contributed by atoms with van der Waals surface area (Å²) in [6, 6.07) is 7.36. The lowest BCUT2D eigenvalue weighted by Crippen LogP contribution is -2.40. The van der Waals surface area contributed by atoms with Crippen LogP contribution in [0.3, 0.4) is 0 Å². The van der Waals surface area contributed by atoms with Gasteiger partial charge in [-0.05, 0) is 54.8 Å². The monoisotopic (exact) mass is 357 g/mol. The highest BCUT2D eigenvalue weighted by Gasteiger charge is 2.29. The van der Waals surface area contributed by atoms with Gasteiger partial charge in [-0.15, -0.1) is 0 Å². The summed E-state index contributed by atoms with van der Waals surface area (Å²) < 4.78 is 0.